The average Bonchev–Trinajstić information content (AvgIpc) is 2.56. The number of likely N-dealkylation sites (tertiary alicyclic amines) is 1. The zero-order chi connectivity index (χ0) is 16.8. The van der Waals surface area contributed by atoms with Crippen molar-refractivity contribution >= 4 is 5.91 Å². The molecule has 1 fully saturated rings. The van der Waals surface area contributed by atoms with E-state index in [-0.39, 0.29) is 11.9 Å². The smallest absolute Gasteiger partial charge is 0.239 e. The van der Waals surface area contributed by atoms with E-state index in [2.05, 4.69) is 29.2 Å². The Hall–Kier alpha value is -1.39. The molecule has 1 heterocycles. The van der Waals surface area contributed by atoms with Gasteiger partial charge in [-0.05, 0) is 57.3 Å². The second kappa shape index (κ2) is 8.46. The van der Waals surface area contributed by atoms with Crippen molar-refractivity contribution in [3.63, 3.8) is 0 Å². The number of hydrogen-bond donors (Lipinski definition) is 1. The molecule has 0 saturated carbocycles. The minimum Gasteiger partial charge on any atom is -0.342 e. The molecule has 1 atom stereocenters. The van der Waals surface area contributed by atoms with E-state index in [0.717, 1.165) is 12.1 Å². The van der Waals surface area contributed by atoms with Crippen LogP contribution >= 0.6 is 0 Å². The lowest BCUT2D eigenvalue weighted by Gasteiger charge is -2.26. The molecule has 1 aliphatic heterocycles. The molecule has 2 N–H and O–H groups in total. The van der Waals surface area contributed by atoms with E-state index in [9.17, 15) is 4.79 Å². The molecule has 0 aromatic heterocycles. The summed E-state index contributed by atoms with van der Waals surface area (Å²) in [7, 11) is 1.81. The molecule has 1 aliphatic rings. The van der Waals surface area contributed by atoms with E-state index >= 15 is 0 Å². The maximum atomic E-state index is 12.2. The number of likely N-dealkylation sites (N-methyl/N-ethyl adjacent to an activating group) is 1. The third-order valence-corrected chi connectivity index (χ3v) is 4.77. The average molecular weight is 317 g/mol. The number of carbonyl (C=O) groups is 1. The van der Waals surface area contributed by atoms with Crippen molar-refractivity contribution in [2.24, 2.45) is 5.73 Å². The molecule has 0 aliphatic carbocycles. The molecule has 1 saturated heterocycles. The summed E-state index contributed by atoms with van der Waals surface area (Å²) in [6.45, 7) is 7.45. The monoisotopic (exact) mass is 317 g/mol. The molecule has 4 nitrogen and oxygen atoms in total. The van der Waals surface area contributed by atoms with Crippen molar-refractivity contribution < 1.29 is 4.79 Å². The van der Waals surface area contributed by atoms with Crippen LogP contribution in [-0.4, -0.2) is 47.9 Å². The van der Waals surface area contributed by atoms with Crippen molar-refractivity contribution in [3.05, 3.63) is 35.4 Å². The molecule has 0 radical (unpaired) electrons. The zero-order valence-electron chi connectivity index (χ0n) is 14.8. The van der Waals surface area contributed by atoms with E-state index in [1.807, 2.05) is 20.9 Å². The maximum Gasteiger partial charge on any atom is 0.239 e. The van der Waals surface area contributed by atoms with Gasteiger partial charge in [0.15, 0.2) is 0 Å². The van der Waals surface area contributed by atoms with Gasteiger partial charge in [0.25, 0.3) is 0 Å². The van der Waals surface area contributed by atoms with Crippen LogP contribution in [-0.2, 0) is 17.8 Å². The Morgan fingerprint density at radius 2 is 1.70 bits per heavy atom. The van der Waals surface area contributed by atoms with Crippen LogP contribution in [0.5, 0.6) is 0 Å². The van der Waals surface area contributed by atoms with Crippen molar-refractivity contribution in [3.8, 4) is 0 Å². The number of carbonyl (C=O) groups excluding carboxylic acids is 1. The highest BCUT2D eigenvalue weighted by atomic mass is 16.2. The summed E-state index contributed by atoms with van der Waals surface area (Å²) in [6, 6.07) is 8.29. The second-order valence-corrected chi connectivity index (χ2v) is 7.01. The predicted molar refractivity (Wildman–Crippen MR) is 95.2 cm³/mol. The van der Waals surface area contributed by atoms with Crippen molar-refractivity contribution in [1.82, 2.24) is 9.80 Å². The first-order valence-electron chi connectivity index (χ1n) is 8.80. The first-order valence-corrected chi connectivity index (χ1v) is 8.80. The second-order valence-electron chi connectivity index (χ2n) is 7.01. The van der Waals surface area contributed by atoms with Crippen LogP contribution < -0.4 is 5.73 Å². The van der Waals surface area contributed by atoms with E-state index in [0.29, 0.717) is 6.42 Å². The number of amides is 1. The Balaban J connectivity index is 1.87. The zero-order valence-corrected chi connectivity index (χ0v) is 14.8. The molecule has 1 unspecified atom stereocenters. The Morgan fingerprint density at radius 3 is 2.26 bits per heavy atom. The number of rotatable bonds is 6. The fourth-order valence-corrected chi connectivity index (χ4v) is 3.01. The first-order chi connectivity index (χ1) is 11.0. The number of piperidine rings is 1. The molecule has 0 bridgehead atoms. The Kier molecular flexibility index (Phi) is 6.60. The lowest BCUT2D eigenvalue weighted by Crippen LogP contribution is -2.45. The van der Waals surface area contributed by atoms with E-state index in [4.69, 9.17) is 5.73 Å². The third kappa shape index (κ3) is 5.33. The molecule has 128 valence electrons. The Morgan fingerprint density at radius 1 is 1.13 bits per heavy atom. The van der Waals surface area contributed by atoms with Crippen LogP contribution in [0.4, 0.5) is 0 Å². The van der Waals surface area contributed by atoms with Gasteiger partial charge in [-0.25, -0.2) is 0 Å². The van der Waals surface area contributed by atoms with Gasteiger partial charge in [0.05, 0.1) is 6.04 Å². The van der Waals surface area contributed by atoms with Gasteiger partial charge < -0.3 is 10.6 Å². The van der Waals surface area contributed by atoms with Crippen molar-refractivity contribution in [1.29, 1.82) is 0 Å². The summed E-state index contributed by atoms with van der Waals surface area (Å²) in [6.07, 6.45) is 4.60. The Bertz CT molecular complexity index is 492. The SMILES string of the molecule is CC(C)N(C)C(=O)C(N)Cc1ccc(CN2CCCCC2)cc1. The van der Waals surface area contributed by atoms with Crippen molar-refractivity contribution in [2.45, 2.75) is 58.2 Å². The first kappa shape index (κ1) is 18.0. The molecular weight excluding hydrogens is 286 g/mol. The molecule has 0 spiro atoms. The summed E-state index contributed by atoms with van der Waals surface area (Å²) in [5, 5.41) is 0. The molecule has 1 amide bonds. The summed E-state index contributed by atoms with van der Waals surface area (Å²) in [5.41, 5.74) is 8.55. The van der Waals surface area contributed by atoms with Gasteiger partial charge in [-0.15, -0.1) is 0 Å². The normalized spacial score (nSPS) is 17.3. The van der Waals surface area contributed by atoms with Gasteiger partial charge in [-0.1, -0.05) is 30.7 Å². The minimum absolute atomic E-state index is 0.0115. The topological polar surface area (TPSA) is 49.6 Å². The lowest BCUT2D eigenvalue weighted by atomic mass is 10.0. The van der Waals surface area contributed by atoms with E-state index < -0.39 is 6.04 Å². The highest BCUT2D eigenvalue weighted by Crippen LogP contribution is 2.14. The van der Waals surface area contributed by atoms with Gasteiger partial charge >= 0.3 is 0 Å². The van der Waals surface area contributed by atoms with Crippen LogP contribution in [0.1, 0.15) is 44.2 Å². The molecule has 1 aromatic rings. The molecule has 23 heavy (non-hydrogen) atoms. The van der Waals surface area contributed by atoms with E-state index in [1.165, 1.54) is 37.9 Å². The van der Waals surface area contributed by atoms with Crippen molar-refractivity contribution in [2.75, 3.05) is 20.1 Å². The largest absolute Gasteiger partial charge is 0.342 e. The van der Waals surface area contributed by atoms with Crippen LogP contribution in [0.3, 0.4) is 0 Å². The lowest BCUT2D eigenvalue weighted by molar-refractivity contribution is -0.132. The summed E-state index contributed by atoms with van der Waals surface area (Å²) in [5.74, 6) is 0.0115. The summed E-state index contributed by atoms with van der Waals surface area (Å²) < 4.78 is 0. The van der Waals surface area contributed by atoms with Crippen LogP contribution in [0.15, 0.2) is 24.3 Å². The molecule has 2 rings (SSSR count). The Labute approximate surface area is 140 Å². The quantitative estimate of drug-likeness (QED) is 0.876. The highest BCUT2D eigenvalue weighted by molar-refractivity contribution is 5.82. The van der Waals surface area contributed by atoms with Crippen LogP contribution in [0.2, 0.25) is 0 Å². The van der Waals surface area contributed by atoms with Crippen LogP contribution in [0.25, 0.3) is 0 Å². The van der Waals surface area contributed by atoms with Gasteiger partial charge in [0.1, 0.15) is 0 Å². The molecule has 4 heteroatoms. The molecular formula is C19H31N3O. The fraction of sp³-hybridized carbons (Fsp3) is 0.632. The van der Waals surface area contributed by atoms with Gasteiger partial charge in [0, 0.05) is 19.6 Å². The van der Waals surface area contributed by atoms with Gasteiger partial charge in [0.2, 0.25) is 5.91 Å². The predicted octanol–water partition coefficient (Wildman–Crippen LogP) is 2.41. The van der Waals surface area contributed by atoms with Gasteiger partial charge in [-0.3, -0.25) is 9.69 Å². The standard InChI is InChI=1S/C19H31N3O/c1-15(2)21(3)19(23)18(20)13-16-7-9-17(10-8-16)14-22-11-5-4-6-12-22/h7-10,15,18H,4-6,11-14,20H2,1-3H3. The highest BCUT2D eigenvalue weighted by Gasteiger charge is 2.20. The minimum atomic E-state index is -0.463. The summed E-state index contributed by atoms with van der Waals surface area (Å²) >= 11 is 0. The fourth-order valence-electron chi connectivity index (χ4n) is 3.01. The van der Waals surface area contributed by atoms with Gasteiger partial charge in [-0.2, -0.15) is 0 Å². The van der Waals surface area contributed by atoms with Crippen LogP contribution in [0, 0.1) is 0 Å². The third-order valence-electron chi connectivity index (χ3n) is 4.77. The number of benzene rings is 1. The molecule has 1 aromatic carbocycles. The number of hydrogen-bond acceptors (Lipinski definition) is 3. The van der Waals surface area contributed by atoms with E-state index in [1.54, 1.807) is 4.90 Å². The summed E-state index contributed by atoms with van der Waals surface area (Å²) in [4.78, 5) is 16.4. The number of nitrogens with zero attached hydrogens (tertiary/aromatic N) is 2. The number of nitrogens with two attached hydrogens (primary N) is 1. The maximum absolute atomic E-state index is 12.2.